The highest BCUT2D eigenvalue weighted by molar-refractivity contribution is 8.01. The molecule has 0 fully saturated rings. The summed E-state index contributed by atoms with van der Waals surface area (Å²) in [5.74, 6) is 0. The lowest BCUT2D eigenvalue weighted by Gasteiger charge is -1.92. The van der Waals surface area contributed by atoms with E-state index in [-0.39, 0.29) is 0 Å². The lowest BCUT2D eigenvalue weighted by molar-refractivity contribution is 0.867. The second-order valence-corrected chi connectivity index (χ2v) is 2.49. The second-order valence-electron chi connectivity index (χ2n) is 1.58. The lowest BCUT2D eigenvalue weighted by atomic mass is 10.4. The summed E-state index contributed by atoms with van der Waals surface area (Å²) in [6, 6.07) is 0.449. The summed E-state index contributed by atoms with van der Waals surface area (Å²) in [6.07, 6.45) is 1.99. The van der Waals surface area contributed by atoms with Crippen LogP contribution in [0, 0.1) is 0 Å². The Morgan fingerprint density at radius 2 is 2.71 bits per heavy atom. The number of nitrogens with one attached hydrogen (secondary N) is 1. The maximum Gasteiger partial charge on any atom is 0.0783 e. The van der Waals surface area contributed by atoms with E-state index in [1.807, 2.05) is 6.08 Å². The van der Waals surface area contributed by atoms with Crippen molar-refractivity contribution in [1.82, 2.24) is 4.72 Å². The zero-order valence-corrected chi connectivity index (χ0v) is 4.96. The van der Waals surface area contributed by atoms with Crippen molar-refractivity contribution in [3.05, 3.63) is 11.1 Å². The molecule has 3 N–H and O–H groups in total. The molecule has 0 spiro atoms. The van der Waals surface area contributed by atoms with Crippen LogP contribution in [-0.2, 0) is 0 Å². The molecule has 0 aromatic heterocycles. The first-order valence-electron chi connectivity index (χ1n) is 2.18. The Kier molecular flexibility index (Phi) is 1.25. The average molecular weight is 116 g/mol. The molecule has 1 unspecified atom stereocenters. The Labute approximate surface area is 47.3 Å². The molecule has 7 heavy (non-hydrogen) atoms. The average Bonchev–Trinajstić information content (AvgIpc) is 1.87. The van der Waals surface area contributed by atoms with Gasteiger partial charge < -0.3 is 5.73 Å². The molecule has 0 aromatic rings. The largest absolute Gasteiger partial charge is 0.393 e. The molecule has 0 radical (unpaired) electrons. The van der Waals surface area contributed by atoms with Crippen molar-refractivity contribution >= 4 is 11.9 Å². The Balaban J connectivity index is 2.50. The van der Waals surface area contributed by atoms with Gasteiger partial charge >= 0.3 is 0 Å². The van der Waals surface area contributed by atoms with Crippen LogP contribution in [0.3, 0.4) is 0 Å². The van der Waals surface area contributed by atoms with E-state index < -0.39 is 0 Å². The SMILES string of the molecule is CC1C=C(N)SN1. The van der Waals surface area contributed by atoms with Gasteiger partial charge in [0.2, 0.25) is 0 Å². The fourth-order valence-electron chi connectivity index (χ4n) is 0.475. The van der Waals surface area contributed by atoms with Gasteiger partial charge in [0, 0.05) is 6.04 Å². The molecule has 1 aliphatic rings. The number of nitrogens with two attached hydrogens (primary N) is 1. The Morgan fingerprint density at radius 3 is 2.86 bits per heavy atom. The molecule has 0 saturated carbocycles. The third-order valence-corrected chi connectivity index (χ3v) is 1.64. The molecule has 40 valence electrons. The van der Waals surface area contributed by atoms with E-state index in [9.17, 15) is 0 Å². The fraction of sp³-hybridized carbons (Fsp3) is 0.500. The first-order valence-corrected chi connectivity index (χ1v) is 3.00. The lowest BCUT2D eigenvalue weighted by Crippen LogP contribution is -2.09. The van der Waals surface area contributed by atoms with Crippen LogP contribution in [0.25, 0.3) is 0 Å². The van der Waals surface area contributed by atoms with E-state index in [1.165, 1.54) is 11.9 Å². The summed E-state index contributed by atoms with van der Waals surface area (Å²) in [5, 5.41) is 0.882. The van der Waals surface area contributed by atoms with E-state index in [0.29, 0.717) is 6.04 Å². The molecule has 3 heteroatoms. The maximum atomic E-state index is 5.39. The molecule has 0 aromatic carbocycles. The highest BCUT2D eigenvalue weighted by Gasteiger charge is 2.05. The molecular formula is C4H8N2S. The number of rotatable bonds is 0. The van der Waals surface area contributed by atoms with Gasteiger partial charge in [-0.05, 0) is 24.9 Å². The van der Waals surface area contributed by atoms with Crippen molar-refractivity contribution in [2.75, 3.05) is 0 Å². The highest BCUT2D eigenvalue weighted by Crippen LogP contribution is 2.13. The van der Waals surface area contributed by atoms with Gasteiger partial charge in [-0.2, -0.15) is 0 Å². The van der Waals surface area contributed by atoms with Crippen LogP contribution in [-0.4, -0.2) is 6.04 Å². The zero-order valence-electron chi connectivity index (χ0n) is 4.14. The summed E-state index contributed by atoms with van der Waals surface area (Å²) in [6.45, 7) is 2.06. The molecule has 0 bridgehead atoms. The second kappa shape index (κ2) is 1.76. The first kappa shape index (κ1) is 5.00. The molecular weight excluding hydrogens is 108 g/mol. The summed E-state index contributed by atoms with van der Waals surface area (Å²) in [7, 11) is 0. The van der Waals surface area contributed by atoms with Gasteiger partial charge in [-0.3, -0.25) is 4.72 Å². The minimum absolute atomic E-state index is 0.449. The predicted octanol–water partition coefficient (Wildman–Crippen LogP) is 0.426. The van der Waals surface area contributed by atoms with Crippen molar-refractivity contribution in [2.24, 2.45) is 5.73 Å². The van der Waals surface area contributed by atoms with E-state index in [4.69, 9.17) is 5.73 Å². The van der Waals surface area contributed by atoms with Gasteiger partial charge in [-0.1, -0.05) is 0 Å². The highest BCUT2D eigenvalue weighted by atomic mass is 32.2. The van der Waals surface area contributed by atoms with Crippen LogP contribution in [0.15, 0.2) is 11.1 Å². The molecule has 1 aliphatic heterocycles. The standard InChI is InChI=1S/C4H8N2S/c1-3-2-4(5)7-6-3/h2-3,6H,5H2,1H3. The number of hydrogen-bond acceptors (Lipinski definition) is 3. The van der Waals surface area contributed by atoms with Crippen molar-refractivity contribution < 1.29 is 0 Å². The van der Waals surface area contributed by atoms with E-state index >= 15 is 0 Å². The maximum absolute atomic E-state index is 5.39. The van der Waals surface area contributed by atoms with Gasteiger partial charge in [0.1, 0.15) is 0 Å². The van der Waals surface area contributed by atoms with Crippen LogP contribution < -0.4 is 10.5 Å². The van der Waals surface area contributed by atoms with Gasteiger partial charge in [0.15, 0.2) is 0 Å². The van der Waals surface area contributed by atoms with Crippen LogP contribution in [0.5, 0.6) is 0 Å². The monoisotopic (exact) mass is 116 g/mol. The minimum atomic E-state index is 0.449. The molecule has 0 amide bonds. The topological polar surface area (TPSA) is 38.0 Å². The van der Waals surface area contributed by atoms with Crippen molar-refractivity contribution in [1.29, 1.82) is 0 Å². The van der Waals surface area contributed by atoms with Crippen molar-refractivity contribution in [3.8, 4) is 0 Å². The van der Waals surface area contributed by atoms with Gasteiger partial charge in [-0.25, -0.2) is 0 Å². The predicted molar refractivity (Wildman–Crippen MR) is 32.5 cm³/mol. The Hall–Kier alpha value is -0.150. The van der Waals surface area contributed by atoms with Crippen molar-refractivity contribution in [2.45, 2.75) is 13.0 Å². The third kappa shape index (κ3) is 1.11. The number of hydrogen-bond donors (Lipinski definition) is 2. The smallest absolute Gasteiger partial charge is 0.0783 e. The van der Waals surface area contributed by atoms with Crippen LogP contribution >= 0.6 is 11.9 Å². The quantitative estimate of drug-likeness (QED) is 0.451. The first-order chi connectivity index (χ1) is 3.29. The fourth-order valence-corrected chi connectivity index (χ4v) is 1.14. The van der Waals surface area contributed by atoms with Gasteiger partial charge in [-0.15, -0.1) is 0 Å². The van der Waals surface area contributed by atoms with Crippen LogP contribution in [0.4, 0.5) is 0 Å². The molecule has 1 atom stereocenters. The zero-order chi connectivity index (χ0) is 5.28. The molecule has 0 aliphatic carbocycles. The summed E-state index contributed by atoms with van der Waals surface area (Å²) < 4.78 is 3.07. The Morgan fingerprint density at radius 1 is 2.00 bits per heavy atom. The Bertz CT molecular complexity index is 99.9. The minimum Gasteiger partial charge on any atom is -0.393 e. The summed E-state index contributed by atoms with van der Waals surface area (Å²) >= 11 is 1.49. The van der Waals surface area contributed by atoms with Crippen molar-refractivity contribution in [3.63, 3.8) is 0 Å². The molecule has 1 rings (SSSR count). The molecule has 0 saturated heterocycles. The molecule has 1 heterocycles. The molecule has 2 nitrogen and oxygen atoms in total. The van der Waals surface area contributed by atoms with Crippen LogP contribution in [0.1, 0.15) is 6.92 Å². The summed E-state index contributed by atoms with van der Waals surface area (Å²) in [4.78, 5) is 0. The normalized spacial score (nSPS) is 30.4. The van der Waals surface area contributed by atoms with E-state index in [2.05, 4.69) is 11.6 Å². The summed E-state index contributed by atoms with van der Waals surface area (Å²) in [5.41, 5.74) is 5.39. The third-order valence-electron chi connectivity index (χ3n) is 0.777. The van der Waals surface area contributed by atoms with Gasteiger partial charge in [0.25, 0.3) is 0 Å². The van der Waals surface area contributed by atoms with E-state index in [0.717, 1.165) is 5.03 Å². The van der Waals surface area contributed by atoms with Gasteiger partial charge in [0.05, 0.1) is 5.03 Å². The van der Waals surface area contributed by atoms with E-state index in [1.54, 1.807) is 0 Å². The van der Waals surface area contributed by atoms with Crippen LogP contribution in [0.2, 0.25) is 0 Å².